The van der Waals surface area contributed by atoms with E-state index in [2.05, 4.69) is 21.2 Å². The first-order valence-corrected chi connectivity index (χ1v) is 10.1. The van der Waals surface area contributed by atoms with Crippen molar-refractivity contribution in [1.29, 1.82) is 0 Å². The molecule has 5 nitrogen and oxygen atoms in total. The van der Waals surface area contributed by atoms with Crippen LogP contribution in [0.5, 0.6) is 5.75 Å². The zero-order valence-corrected chi connectivity index (χ0v) is 17.5. The summed E-state index contributed by atoms with van der Waals surface area (Å²) in [5.74, 6) is 0.903. The second-order valence-corrected chi connectivity index (χ2v) is 7.64. The molecule has 0 radical (unpaired) electrons. The van der Waals surface area contributed by atoms with Gasteiger partial charge in [-0.15, -0.1) is 0 Å². The molecule has 150 valence electrons. The smallest absolute Gasteiger partial charge is 0.234 e. The van der Waals surface area contributed by atoms with Gasteiger partial charge >= 0.3 is 0 Å². The van der Waals surface area contributed by atoms with Crippen LogP contribution in [-0.4, -0.2) is 57.2 Å². The minimum absolute atomic E-state index is 0.0416. The maximum Gasteiger partial charge on any atom is 0.234 e. The molecule has 0 unspecified atom stereocenters. The lowest BCUT2D eigenvalue weighted by Gasteiger charge is -2.35. The average Bonchev–Trinajstić information content (AvgIpc) is 2.70. The van der Waals surface area contributed by atoms with Crippen molar-refractivity contribution in [3.05, 3.63) is 58.1 Å². The lowest BCUT2D eigenvalue weighted by Crippen LogP contribution is -2.49. The van der Waals surface area contributed by atoms with Gasteiger partial charge in [0.2, 0.25) is 5.91 Å². The van der Waals surface area contributed by atoms with Crippen LogP contribution in [-0.2, 0) is 11.2 Å². The predicted octanol–water partition coefficient (Wildman–Crippen LogP) is 3.48. The number of piperazine rings is 1. The van der Waals surface area contributed by atoms with E-state index in [1.54, 1.807) is 13.2 Å². The Morgan fingerprint density at radius 3 is 2.61 bits per heavy atom. The van der Waals surface area contributed by atoms with Crippen LogP contribution in [0.25, 0.3) is 0 Å². The van der Waals surface area contributed by atoms with Gasteiger partial charge in [-0.3, -0.25) is 9.69 Å². The predicted molar refractivity (Wildman–Crippen MR) is 115 cm³/mol. The molecule has 2 aromatic rings. The molecule has 1 aliphatic rings. The summed E-state index contributed by atoms with van der Waals surface area (Å²) in [6, 6.07) is 13.5. The van der Waals surface area contributed by atoms with E-state index in [0.29, 0.717) is 29.6 Å². The molecule has 1 amide bonds. The molecule has 1 aliphatic heterocycles. The lowest BCUT2D eigenvalue weighted by molar-refractivity contribution is -0.122. The van der Waals surface area contributed by atoms with Crippen molar-refractivity contribution in [1.82, 2.24) is 10.2 Å². The summed E-state index contributed by atoms with van der Waals surface area (Å²) >= 11 is 12.1. The number of amides is 1. The van der Waals surface area contributed by atoms with E-state index in [1.165, 1.54) is 0 Å². The van der Waals surface area contributed by atoms with Gasteiger partial charge in [-0.2, -0.15) is 0 Å². The summed E-state index contributed by atoms with van der Waals surface area (Å²) in [5, 5.41) is 4.23. The van der Waals surface area contributed by atoms with E-state index in [9.17, 15) is 4.79 Å². The maximum atomic E-state index is 12.2. The first kappa shape index (κ1) is 20.8. The molecule has 0 aliphatic carbocycles. The van der Waals surface area contributed by atoms with Crippen molar-refractivity contribution in [2.75, 3.05) is 51.3 Å². The molecule has 1 saturated heterocycles. The van der Waals surface area contributed by atoms with Crippen LogP contribution < -0.4 is 15.0 Å². The first-order chi connectivity index (χ1) is 13.5. The Bertz CT molecular complexity index is 808. The molecule has 0 atom stereocenters. The molecule has 0 bridgehead atoms. The van der Waals surface area contributed by atoms with Crippen molar-refractivity contribution < 1.29 is 9.53 Å². The maximum absolute atomic E-state index is 12.2. The SMILES string of the molecule is COc1cccc(N2CCN(CC(=O)NCCc3ccc(Cl)cc3Cl)CC2)c1. The number of hydrogen-bond donors (Lipinski definition) is 1. The fourth-order valence-corrected chi connectivity index (χ4v) is 3.79. The van der Waals surface area contributed by atoms with Gasteiger partial charge in [0.25, 0.3) is 0 Å². The number of nitrogens with one attached hydrogen (secondary N) is 1. The van der Waals surface area contributed by atoms with E-state index < -0.39 is 0 Å². The number of anilines is 1. The molecule has 0 aromatic heterocycles. The zero-order valence-electron chi connectivity index (χ0n) is 16.0. The normalized spacial score (nSPS) is 14.8. The monoisotopic (exact) mass is 421 g/mol. The summed E-state index contributed by atoms with van der Waals surface area (Å²) in [6.45, 7) is 4.47. The molecule has 3 rings (SSSR count). The molecule has 7 heteroatoms. The molecule has 28 heavy (non-hydrogen) atoms. The van der Waals surface area contributed by atoms with Crippen LogP contribution in [0.3, 0.4) is 0 Å². The average molecular weight is 422 g/mol. The Balaban J connectivity index is 1.40. The topological polar surface area (TPSA) is 44.8 Å². The quantitative estimate of drug-likeness (QED) is 0.742. The molecule has 0 spiro atoms. The van der Waals surface area contributed by atoms with Crippen molar-refractivity contribution in [2.24, 2.45) is 0 Å². The van der Waals surface area contributed by atoms with Crippen LogP contribution in [0.4, 0.5) is 5.69 Å². The molecule has 1 heterocycles. The van der Waals surface area contributed by atoms with Crippen LogP contribution in [0.2, 0.25) is 10.0 Å². The Kier molecular flexibility index (Phi) is 7.43. The highest BCUT2D eigenvalue weighted by Crippen LogP contribution is 2.22. The van der Waals surface area contributed by atoms with E-state index in [-0.39, 0.29) is 5.91 Å². The summed E-state index contributed by atoms with van der Waals surface area (Å²) in [7, 11) is 1.68. The number of benzene rings is 2. The van der Waals surface area contributed by atoms with Crippen molar-refractivity contribution >= 4 is 34.8 Å². The van der Waals surface area contributed by atoms with E-state index in [4.69, 9.17) is 27.9 Å². The molecule has 1 N–H and O–H groups in total. The number of carbonyl (C=O) groups is 1. The summed E-state index contributed by atoms with van der Waals surface area (Å²) < 4.78 is 5.30. The largest absolute Gasteiger partial charge is 0.497 e. The highest BCUT2D eigenvalue weighted by Gasteiger charge is 2.19. The van der Waals surface area contributed by atoms with Crippen LogP contribution in [0.1, 0.15) is 5.56 Å². The van der Waals surface area contributed by atoms with Gasteiger partial charge in [-0.25, -0.2) is 0 Å². The minimum Gasteiger partial charge on any atom is -0.497 e. The lowest BCUT2D eigenvalue weighted by atomic mass is 10.1. The van der Waals surface area contributed by atoms with Crippen LogP contribution in [0, 0.1) is 0 Å². The Hall–Kier alpha value is -1.95. The highest BCUT2D eigenvalue weighted by molar-refractivity contribution is 6.35. The van der Waals surface area contributed by atoms with Gasteiger partial charge in [-0.1, -0.05) is 35.3 Å². The number of rotatable bonds is 7. The van der Waals surface area contributed by atoms with Gasteiger partial charge in [0.15, 0.2) is 0 Å². The number of nitrogens with zero attached hydrogens (tertiary/aromatic N) is 2. The third-order valence-electron chi connectivity index (χ3n) is 4.89. The zero-order chi connectivity index (χ0) is 19.9. The fourth-order valence-electron chi connectivity index (χ4n) is 3.29. The second kappa shape index (κ2) is 10.0. The Morgan fingerprint density at radius 1 is 1.11 bits per heavy atom. The molecular formula is C21H25Cl2N3O2. The van der Waals surface area contributed by atoms with Gasteiger partial charge < -0.3 is 15.0 Å². The van der Waals surface area contributed by atoms with E-state index in [0.717, 1.165) is 43.2 Å². The van der Waals surface area contributed by atoms with Crippen LogP contribution in [0.15, 0.2) is 42.5 Å². The molecule has 2 aromatic carbocycles. The number of carbonyl (C=O) groups excluding carboxylic acids is 1. The third kappa shape index (κ3) is 5.77. The number of halogens is 2. The van der Waals surface area contributed by atoms with Crippen molar-refractivity contribution in [2.45, 2.75) is 6.42 Å². The number of methoxy groups -OCH3 is 1. The summed E-state index contributed by atoms with van der Waals surface area (Å²) in [6.07, 6.45) is 0.686. The van der Waals surface area contributed by atoms with Gasteiger partial charge in [-0.05, 0) is 36.2 Å². The first-order valence-electron chi connectivity index (χ1n) is 9.37. The van der Waals surface area contributed by atoms with E-state index >= 15 is 0 Å². The molecule has 1 fully saturated rings. The Labute approximate surface area is 176 Å². The minimum atomic E-state index is 0.0416. The van der Waals surface area contributed by atoms with Crippen molar-refractivity contribution in [3.63, 3.8) is 0 Å². The summed E-state index contributed by atoms with van der Waals surface area (Å²) in [4.78, 5) is 16.7. The van der Waals surface area contributed by atoms with Crippen LogP contribution >= 0.6 is 23.2 Å². The number of hydrogen-bond acceptors (Lipinski definition) is 4. The van der Waals surface area contributed by atoms with Gasteiger partial charge in [0, 0.05) is 54.5 Å². The standard InChI is InChI=1S/C21H25Cl2N3O2/c1-28-19-4-2-3-18(14-19)26-11-9-25(10-12-26)15-21(27)24-8-7-16-5-6-17(22)13-20(16)23/h2-6,13-14H,7-12,15H2,1H3,(H,24,27). The van der Waals surface area contributed by atoms with E-state index in [1.807, 2.05) is 30.3 Å². The van der Waals surface area contributed by atoms with Gasteiger partial charge in [0.05, 0.1) is 13.7 Å². The highest BCUT2D eigenvalue weighted by atomic mass is 35.5. The second-order valence-electron chi connectivity index (χ2n) is 6.80. The molecule has 0 saturated carbocycles. The summed E-state index contributed by atoms with van der Waals surface area (Å²) in [5.41, 5.74) is 2.14. The molecular weight excluding hydrogens is 397 g/mol. The van der Waals surface area contributed by atoms with Crippen molar-refractivity contribution in [3.8, 4) is 5.75 Å². The van der Waals surface area contributed by atoms with Gasteiger partial charge in [0.1, 0.15) is 5.75 Å². The Morgan fingerprint density at radius 2 is 1.89 bits per heavy atom. The number of ether oxygens (including phenoxy) is 1. The third-order valence-corrected chi connectivity index (χ3v) is 5.48. The fraction of sp³-hybridized carbons (Fsp3) is 0.381.